The van der Waals surface area contributed by atoms with Crippen molar-refractivity contribution in [2.24, 2.45) is 5.41 Å². The van der Waals surface area contributed by atoms with Gasteiger partial charge in [-0.05, 0) is 53.6 Å². The molecule has 0 fully saturated rings. The SMILES string of the molecule is CC(=O)N[C@@H](Cc1cc(F)cc(F)c1)[C@@H](O)CNCc1cc(CC(C)(C)C)ccn1. The molecule has 0 aliphatic carbocycles. The van der Waals surface area contributed by atoms with Crippen LogP contribution in [0, 0.1) is 17.0 Å². The van der Waals surface area contributed by atoms with Crippen molar-refractivity contribution >= 4 is 5.91 Å². The first-order chi connectivity index (χ1) is 14.0. The minimum absolute atomic E-state index is 0.108. The Morgan fingerprint density at radius 2 is 1.80 bits per heavy atom. The Balaban J connectivity index is 1.96. The van der Waals surface area contributed by atoms with Crippen molar-refractivity contribution in [2.45, 2.75) is 59.2 Å². The molecular formula is C23H31F2N3O2. The van der Waals surface area contributed by atoms with E-state index in [0.717, 1.165) is 18.2 Å². The molecule has 0 aliphatic rings. The first-order valence-electron chi connectivity index (χ1n) is 10.1. The van der Waals surface area contributed by atoms with Crippen LogP contribution in [0.2, 0.25) is 0 Å². The average Bonchev–Trinajstić information content (AvgIpc) is 2.58. The van der Waals surface area contributed by atoms with E-state index in [4.69, 9.17) is 0 Å². The molecule has 5 nitrogen and oxygen atoms in total. The van der Waals surface area contributed by atoms with E-state index in [1.807, 2.05) is 12.1 Å². The molecule has 0 bridgehead atoms. The van der Waals surface area contributed by atoms with Crippen LogP contribution in [-0.2, 0) is 24.2 Å². The van der Waals surface area contributed by atoms with E-state index in [1.54, 1.807) is 6.20 Å². The van der Waals surface area contributed by atoms with Gasteiger partial charge in [-0.2, -0.15) is 0 Å². The zero-order valence-corrected chi connectivity index (χ0v) is 18.0. The Morgan fingerprint density at radius 1 is 1.13 bits per heavy atom. The molecule has 30 heavy (non-hydrogen) atoms. The van der Waals surface area contributed by atoms with Gasteiger partial charge in [0.15, 0.2) is 0 Å². The van der Waals surface area contributed by atoms with Crippen LogP contribution in [0.1, 0.15) is 44.5 Å². The summed E-state index contributed by atoms with van der Waals surface area (Å²) in [6.07, 6.45) is 1.86. The quantitative estimate of drug-likeness (QED) is 0.584. The Morgan fingerprint density at radius 3 is 2.40 bits per heavy atom. The van der Waals surface area contributed by atoms with E-state index in [1.165, 1.54) is 24.6 Å². The van der Waals surface area contributed by atoms with E-state index in [9.17, 15) is 18.7 Å². The largest absolute Gasteiger partial charge is 0.390 e. The van der Waals surface area contributed by atoms with E-state index < -0.39 is 23.8 Å². The fraction of sp³-hybridized carbons (Fsp3) is 0.478. The van der Waals surface area contributed by atoms with Gasteiger partial charge in [-0.3, -0.25) is 9.78 Å². The van der Waals surface area contributed by atoms with Crippen molar-refractivity contribution in [1.29, 1.82) is 0 Å². The molecule has 3 N–H and O–H groups in total. The minimum Gasteiger partial charge on any atom is -0.390 e. The maximum atomic E-state index is 13.5. The Labute approximate surface area is 176 Å². The first kappa shape index (κ1) is 23.9. The maximum Gasteiger partial charge on any atom is 0.217 e. The molecule has 2 rings (SSSR count). The van der Waals surface area contributed by atoms with Crippen molar-refractivity contribution in [3.8, 4) is 0 Å². The zero-order chi connectivity index (χ0) is 22.3. The smallest absolute Gasteiger partial charge is 0.217 e. The van der Waals surface area contributed by atoms with Gasteiger partial charge in [0, 0.05) is 32.3 Å². The summed E-state index contributed by atoms with van der Waals surface area (Å²) in [5.74, 6) is -1.71. The normalized spacial score (nSPS) is 13.7. The van der Waals surface area contributed by atoms with E-state index in [0.29, 0.717) is 12.1 Å². The molecule has 0 radical (unpaired) electrons. The molecule has 1 aromatic carbocycles. The van der Waals surface area contributed by atoms with Crippen molar-refractivity contribution in [2.75, 3.05) is 6.54 Å². The van der Waals surface area contributed by atoms with E-state index in [-0.39, 0.29) is 24.3 Å². The minimum atomic E-state index is -0.946. The fourth-order valence-corrected chi connectivity index (χ4v) is 3.36. The summed E-state index contributed by atoms with van der Waals surface area (Å²) in [7, 11) is 0. The standard InChI is InChI=1S/C23H31F2N3O2/c1-15(29)28-21(10-17-7-18(24)11-19(25)8-17)22(30)14-26-13-20-9-16(5-6-27-20)12-23(2,3)4/h5-9,11,21-22,26,30H,10,12-14H2,1-4H3,(H,28,29)/t21-,22-/m0/s1. The number of benzene rings is 1. The Hall–Kier alpha value is -2.38. The highest BCUT2D eigenvalue weighted by molar-refractivity contribution is 5.73. The Kier molecular flexibility index (Phi) is 8.43. The molecule has 1 amide bonds. The molecular weight excluding hydrogens is 388 g/mol. The van der Waals surface area contributed by atoms with Gasteiger partial charge in [0.1, 0.15) is 11.6 Å². The lowest BCUT2D eigenvalue weighted by molar-refractivity contribution is -0.120. The molecule has 0 saturated heterocycles. The average molecular weight is 420 g/mol. The van der Waals surface area contributed by atoms with Gasteiger partial charge < -0.3 is 15.7 Å². The first-order valence-corrected chi connectivity index (χ1v) is 10.1. The third kappa shape index (κ3) is 8.55. The molecule has 0 aliphatic heterocycles. The highest BCUT2D eigenvalue weighted by atomic mass is 19.1. The molecule has 1 aromatic heterocycles. The van der Waals surface area contributed by atoms with Crippen LogP contribution >= 0.6 is 0 Å². The molecule has 1 heterocycles. The number of amides is 1. The molecule has 0 spiro atoms. The van der Waals surface area contributed by atoms with Crippen molar-refractivity contribution in [3.05, 3.63) is 65.0 Å². The summed E-state index contributed by atoms with van der Waals surface area (Å²) >= 11 is 0. The number of aromatic nitrogens is 1. The van der Waals surface area contributed by atoms with E-state index >= 15 is 0 Å². The van der Waals surface area contributed by atoms with Gasteiger partial charge in [-0.25, -0.2) is 8.78 Å². The lowest BCUT2D eigenvalue weighted by Crippen LogP contribution is -2.48. The number of pyridine rings is 1. The summed E-state index contributed by atoms with van der Waals surface area (Å²) in [5.41, 5.74) is 2.58. The monoisotopic (exact) mass is 419 g/mol. The summed E-state index contributed by atoms with van der Waals surface area (Å²) in [6, 6.07) is 6.53. The lowest BCUT2D eigenvalue weighted by Gasteiger charge is -2.24. The number of rotatable bonds is 9. The number of carbonyl (C=O) groups is 1. The van der Waals surface area contributed by atoms with Crippen LogP contribution in [0.3, 0.4) is 0 Å². The van der Waals surface area contributed by atoms with Crippen molar-refractivity contribution in [3.63, 3.8) is 0 Å². The van der Waals surface area contributed by atoms with Gasteiger partial charge in [-0.1, -0.05) is 20.8 Å². The molecule has 2 aromatic rings. The fourth-order valence-electron chi connectivity index (χ4n) is 3.36. The number of nitrogens with zero attached hydrogens (tertiary/aromatic N) is 1. The third-order valence-electron chi connectivity index (χ3n) is 4.51. The number of halogens is 2. The number of aliphatic hydroxyl groups excluding tert-OH is 1. The molecule has 2 atom stereocenters. The molecule has 7 heteroatoms. The summed E-state index contributed by atoms with van der Waals surface area (Å²) < 4.78 is 26.9. The summed E-state index contributed by atoms with van der Waals surface area (Å²) in [4.78, 5) is 15.9. The Bertz CT molecular complexity index is 832. The van der Waals surface area contributed by atoms with Crippen LogP contribution in [0.5, 0.6) is 0 Å². The second-order valence-corrected chi connectivity index (χ2v) is 8.88. The molecule has 164 valence electrons. The number of nitrogens with one attached hydrogen (secondary N) is 2. The van der Waals surface area contributed by atoms with Crippen LogP contribution in [0.4, 0.5) is 8.78 Å². The van der Waals surface area contributed by atoms with E-state index in [2.05, 4.69) is 36.4 Å². The second-order valence-electron chi connectivity index (χ2n) is 8.88. The maximum absolute atomic E-state index is 13.5. The summed E-state index contributed by atoms with van der Waals surface area (Å²) in [5, 5.41) is 16.4. The lowest BCUT2D eigenvalue weighted by atomic mass is 9.88. The van der Waals surface area contributed by atoms with Crippen molar-refractivity contribution in [1.82, 2.24) is 15.6 Å². The third-order valence-corrected chi connectivity index (χ3v) is 4.51. The van der Waals surface area contributed by atoms with Crippen LogP contribution < -0.4 is 10.6 Å². The van der Waals surface area contributed by atoms with Crippen LogP contribution in [0.15, 0.2) is 36.5 Å². The van der Waals surface area contributed by atoms with Gasteiger partial charge in [0.2, 0.25) is 5.91 Å². The van der Waals surface area contributed by atoms with Crippen LogP contribution in [0.25, 0.3) is 0 Å². The predicted molar refractivity (Wildman–Crippen MR) is 113 cm³/mol. The highest BCUT2D eigenvalue weighted by Crippen LogP contribution is 2.20. The second kappa shape index (κ2) is 10.6. The number of hydrogen-bond donors (Lipinski definition) is 3. The summed E-state index contributed by atoms with van der Waals surface area (Å²) in [6.45, 7) is 8.51. The van der Waals surface area contributed by atoms with Gasteiger partial charge in [0.25, 0.3) is 0 Å². The predicted octanol–water partition coefficient (Wildman–Crippen LogP) is 3.15. The van der Waals surface area contributed by atoms with Crippen LogP contribution in [-0.4, -0.2) is 34.7 Å². The molecule has 0 saturated carbocycles. The number of hydrogen-bond acceptors (Lipinski definition) is 4. The number of aliphatic hydroxyl groups is 1. The zero-order valence-electron chi connectivity index (χ0n) is 18.0. The van der Waals surface area contributed by atoms with Crippen molar-refractivity contribution < 1.29 is 18.7 Å². The van der Waals surface area contributed by atoms with Gasteiger partial charge >= 0.3 is 0 Å². The molecule has 0 unspecified atom stereocenters. The topological polar surface area (TPSA) is 74.2 Å². The van der Waals surface area contributed by atoms with Gasteiger partial charge in [-0.15, -0.1) is 0 Å². The number of carbonyl (C=O) groups excluding carboxylic acids is 1. The van der Waals surface area contributed by atoms with Gasteiger partial charge in [0.05, 0.1) is 17.8 Å². The highest BCUT2D eigenvalue weighted by Gasteiger charge is 2.21.